The van der Waals surface area contributed by atoms with Crippen LogP contribution < -0.4 is 10.5 Å². The van der Waals surface area contributed by atoms with E-state index < -0.39 is 12.5 Å². The number of carbonyl (C=O) groups is 1. The molecule has 1 amide bonds. The minimum absolute atomic E-state index is 0.121. The first kappa shape index (κ1) is 18.9. The molecule has 0 saturated heterocycles. The van der Waals surface area contributed by atoms with Gasteiger partial charge in [0.1, 0.15) is 5.75 Å². The van der Waals surface area contributed by atoms with Crippen LogP contribution in [0.4, 0.5) is 8.78 Å². The minimum atomic E-state index is -2.85. The van der Waals surface area contributed by atoms with Crippen molar-refractivity contribution < 1.29 is 18.3 Å². The van der Waals surface area contributed by atoms with Crippen molar-refractivity contribution >= 4 is 27.7 Å². The van der Waals surface area contributed by atoms with Crippen molar-refractivity contribution in [1.82, 2.24) is 4.57 Å². The maximum Gasteiger partial charge on any atom is 0.387 e. The van der Waals surface area contributed by atoms with E-state index in [0.717, 1.165) is 33.8 Å². The summed E-state index contributed by atoms with van der Waals surface area (Å²) in [6, 6.07) is 18.3. The molecular weight excluding hydrogens is 374 g/mol. The predicted octanol–water partition coefficient (Wildman–Crippen LogP) is 5.11. The van der Waals surface area contributed by atoms with Crippen LogP contribution in [0.15, 0.2) is 60.7 Å². The Bertz CT molecular complexity index is 1200. The zero-order chi connectivity index (χ0) is 20.5. The zero-order valence-corrected chi connectivity index (χ0v) is 15.9. The first-order valence-electron chi connectivity index (χ1n) is 9.35. The number of alkyl halides is 2. The third kappa shape index (κ3) is 3.53. The van der Waals surface area contributed by atoms with Crippen molar-refractivity contribution in [2.75, 3.05) is 0 Å². The van der Waals surface area contributed by atoms with Crippen LogP contribution in [0, 0.1) is 0 Å². The van der Waals surface area contributed by atoms with E-state index >= 15 is 0 Å². The van der Waals surface area contributed by atoms with Gasteiger partial charge in [0.05, 0.1) is 5.52 Å². The fourth-order valence-electron chi connectivity index (χ4n) is 3.74. The van der Waals surface area contributed by atoms with Crippen LogP contribution in [0.2, 0.25) is 0 Å². The SMILES string of the molecule is CCc1ccc2c3c(C(N)=O)cccc3n(Cc3ccc(OC(F)F)cc3)c2c1. The number of rotatable bonds is 6. The van der Waals surface area contributed by atoms with Gasteiger partial charge in [-0.1, -0.05) is 37.3 Å². The molecule has 1 aromatic heterocycles. The summed E-state index contributed by atoms with van der Waals surface area (Å²) in [7, 11) is 0. The van der Waals surface area contributed by atoms with Crippen molar-refractivity contribution in [2.45, 2.75) is 26.5 Å². The molecule has 2 N–H and O–H groups in total. The number of carbonyl (C=O) groups excluding carboxylic acids is 1. The highest BCUT2D eigenvalue weighted by Gasteiger charge is 2.17. The normalized spacial score (nSPS) is 11.4. The lowest BCUT2D eigenvalue weighted by molar-refractivity contribution is -0.0498. The monoisotopic (exact) mass is 394 g/mol. The number of halogens is 2. The Labute approximate surface area is 166 Å². The van der Waals surface area contributed by atoms with Gasteiger partial charge in [-0.15, -0.1) is 0 Å². The molecule has 148 valence electrons. The van der Waals surface area contributed by atoms with E-state index in [9.17, 15) is 13.6 Å². The van der Waals surface area contributed by atoms with Gasteiger partial charge in [-0.2, -0.15) is 8.78 Å². The third-order valence-corrected chi connectivity index (χ3v) is 5.12. The summed E-state index contributed by atoms with van der Waals surface area (Å²) in [6.45, 7) is -0.243. The molecule has 0 bridgehead atoms. The molecule has 0 atom stereocenters. The number of nitrogens with two attached hydrogens (primary N) is 1. The van der Waals surface area contributed by atoms with E-state index in [4.69, 9.17) is 5.73 Å². The second kappa shape index (κ2) is 7.54. The summed E-state index contributed by atoms with van der Waals surface area (Å²) < 4.78 is 31.3. The van der Waals surface area contributed by atoms with Crippen molar-refractivity contribution in [3.05, 3.63) is 77.4 Å². The van der Waals surface area contributed by atoms with E-state index in [0.29, 0.717) is 12.1 Å². The van der Waals surface area contributed by atoms with E-state index in [1.54, 1.807) is 18.2 Å². The number of amides is 1. The average Bonchev–Trinajstić information content (AvgIpc) is 3.02. The number of hydrogen-bond donors (Lipinski definition) is 1. The molecule has 0 radical (unpaired) electrons. The van der Waals surface area contributed by atoms with Crippen LogP contribution in [0.25, 0.3) is 21.8 Å². The minimum Gasteiger partial charge on any atom is -0.435 e. The molecule has 0 spiro atoms. The molecule has 0 aliphatic rings. The highest BCUT2D eigenvalue weighted by molar-refractivity contribution is 6.17. The topological polar surface area (TPSA) is 57.2 Å². The fraction of sp³-hybridized carbons (Fsp3) is 0.174. The number of nitrogens with zero attached hydrogens (tertiary/aromatic N) is 1. The van der Waals surface area contributed by atoms with E-state index in [1.807, 2.05) is 18.2 Å². The smallest absolute Gasteiger partial charge is 0.387 e. The van der Waals surface area contributed by atoms with Gasteiger partial charge in [0.15, 0.2) is 0 Å². The molecule has 0 aliphatic heterocycles. The summed E-state index contributed by atoms with van der Waals surface area (Å²) in [5.74, 6) is -0.349. The van der Waals surface area contributed by atoms with E-state index in [-0.39, 0.29) is 5.75 Å². The second-order valence-electron chi connectivity index (χ2n) is 6.88. The summed E-state index contributed by atoms with van der Waals surface area (Å²) in [5.41, 5.74) is 10.1. The first-order chi connectivity index (χ1) is 14.0. The van der Waals surface area contributed by atoms with Crippen LogP contribution in [-0.4, -0.2) is 17.1 Å². The van der Waals surface area contributed by atoms with Crippen LogP contribution in [-0.2, 0) is 13.0 Å². The number of fused-ring (bicyclic) bond motifs is 3. The Morgan fingerprint density at radius 2 is 1.76 bits per heavy atom. The number of aryl methyl sites for hydroxylation is 1. The Morgan fingerprint density at radius 1 is 1.03 bits per heavy atom. The lowest BCUT2D eigenvalue weighted by atomic mass is 10.0. The molecule has 29 heavy (non-hydrogen) atoms. The van der Waals surface area contributed by atoms with E-state index in [2.05, 4.69) is 28.4 Å². The van der Waals surface area contributed by atoms with E-state index in [1.165, 1.54) is 17.7 Å². The van der Waals surface area contributed by atoms with Crippen LogP contribution >= 0.6 is 0 Å². The van der Waals surface area contributed by atoms with Crippen LogP contribution in [0.1, 0.15) is 28.4 Å². The van der Waals surface area contributed by atoms with Gasteiger partial charge < -0.3 is 15.0 Å². The molecule has 4 nitrogen and oxygen atoms in total. The Kier molecular flexibility index (Phi) is 4.92. The zero-order valence-electron chi connectivity index (χ0n) is 15.9. The molecule has 3 aromatic carbocycles. The Balaban J connectivity index is 1.87. The highest BCUT2D eigenvalue weighted by Crippen LogP contribution is 2.33. The summed E-state index contributed by atoms with van der Waals surface area (Å²) in [4.78, 5) is 12.0. The van der Waals surface area contributed by atoms with Gasteiger partial charge in [-0.25, -0.2) is 0 Å². The van der Waals surface area contributed by atoms with Crippen molar-refractivity contribution in [3.63, 3.8) is 0 Å². The van der Waals surface area contributed by atoms with Crippen molar-refractivity contribution in [1.29, 1.82) is 0 Å². The number of primary amides is 1. The number of benzene rings is 3. The summed E-state index contributed by atoms with van der Waals surface area (Å²) in [5, 5.41) is 1.79. The predicted molar refractivity (Wildman–Crippen MR) is 110 cm³/mol. The third-order valence-electron chi connectivity index (χ3n) is 5.12. The molecule has 1 heterocycles. The second-order valence-corrected chi connectivity index (χ2v) is 6.88. The van der Waals surface area contributed by atoms with Gasteiger partial charge in [-0.3, -0.25) is 4.79 Å². The van der Waals surface area contributed by atoms with Gasteiger partial charge in [0.25, 0.3) is 0 Å². The largest absolute Gasteiger partial charge is 0.435 e. The summed E-state index contributed by atoms with van der Waals surface area (Å²) >= 11 is 0. The van der Waals surface area contributed by atoms with Gasteiger partial charge in [0.2, 0.25) is 5.91 Å². The molecule has 4 rings (SSSR count). The van der Waals surface area contributed by atoms with Gasteiger partial charge in [0, 0.05) is 28.4 Å². The van der Waals surface area contributed by atoms with Crippen LogP contribution in [0.3, 0.4) is 0 Å². The Morgan fingerprint density at radius 3 is 2.41 bits per heavy atom. The van der Waals surface area contributed by atoms with Crippen molar-refractivity contribution in [2.24, 2.45) is 5.73 Å². The molecule has 0 unspecified atom stereocenters. The Hall–Kier alpha value is -3.41. The lowest BCUT2D eigenvalue weighted by Gasteiger charge is -2.10. The molecule has 6 heteroatoms. The standard InChI is InChI=1S/C23H20F2N2O2/c1-2-14-8-11-17-20(12-14)27(19-5-3-4-18(21(17)19)22(26)28)13-15-6-9-16(10-7-15)29-23(24)25/h3-12,23H,2,13H2,1H3,(H2,26,28). The fourth-order valence-corrected chi connectivity index (χ4v) is 3.74. The lowest BCUT2D eigenvalue weighted by Crippen LogP contribution is -2.11. The van der Waals surface area contributed by atoms with Crippen molar-refractivity contribution in [3.8, 4) is 5.75 Å². The first-order valence-corrected chi connectivity index (χ1v) is 9.35. The molecule has 0 fully saturated rings. The molecule has 4 aromatic rings. The number of aromatic nitrogens is 1. The summed E-state index contributed by atoms with van der Waals surface area (Å²) in [6.07, 6.45) is 0.889. The number of ether oxygens (including phenoxy) is 1. The number of hydrogen-bond acceptors (Lipinski definition) is 2. The maximum absolute atomic E-state index is 12.4. The van der Waals surface area contributed by atoms with Gasteiger partial charge >= 0.3 is 6.61 Å². The maximum atomic E-state index is 12.4. The molecule has 0 saturated carbocycles. The van der Waals surface area contributed by atoms with Crippen LogP contribution in [0.5, 0.6) is 5.75 Å². The molecule has 0 aliphatic carbocycles. The average molecular weight is 394 g/mol. The molecular formula is C23H20F2N2O2. The van der Waals surface area contributed by atoms with Gasteiger partial charge in [-0.05, 0) is 47.9 Å². The highest BCUT2D eigenvalue weighted by atomic mass is 19.3. The quantitative estimate of drug-likeness (QED) is 0.494.